The summed E-state index contributed by atoms with van der Waals surface area (Å²) in [5.41, 5.74) is 0.540. The van der Waals surface area contributed by atoms with Crippen molar-refractivity contribution in [3.63, 3.8) is 0 Å². The van der Waals surface area contributed by atoms with E-state index in [0.717, 1.165) is 43.6 Å². The van der Waals surface area contributed by atoms with Gasteiger partial charge in [0.05, 0.1) is 18.6 Å². The summed E-state index contributed by atoms with van der Waals surface area (Å²) in [6.45, 7) is 8.51. The van der Waals surface area contributed by atoms with Gasteiger partial charge >= 0.3 is 5.97 Å². The zero-order valence-corrected chi connectivity index (χ0v) is 20.2. The SMILES string of the molecule is CCOC(CO)CN(C)C1CC[C@H]2[C@@H]3CCC4CCC(C(=O)O)C[C@]4(C)[C@@H]3CC[C@]12C. The molecule has 4 aliphatic rings. The second kappa shape index (κ2) is 8.95. The Morgan fingerprint density at radius 3 is 2.45 bits per heavy atom. The zero-order chi connectivity index (χ0) is 22.4. The van der Waals surface area contributed by atoms with Crippen LogP contribution in [-0.2, 0) is 9.53 Å². The summed E-state index contributed by atoms with van der Waals surface area (Å²) in [5, 5.41) is 19.4. The van der Waals surface area contributed by atoms with Crippen LogP contribution in [0, 0.1) is 40.4 Å². The molecule has 0 radical (unpaired) electrons. The molecule has 0 bridgehead atoms. The average Bonchev–Trinajstić information content (AvgIpc) is 3.09. The Morgan fingerprint density at radius 2 is 1.77 bits per heavy atom. The van der Waals surface area contributed by atoms with E-state index in [1.807, 2.05) is 6.92 Å². The lowest BCUT2D eigenvalue weighted by Crippen LogP contribution is -2.56. The Balaban J connectivity index is 1.50. The zero-order valence-electron chi connectivity index (χ0n) is 20.2. The molecule has 5 heteroatoms. The van der Waals surface area contributed by atoms with E-state index < -0.39 is 5.97 Å². The number of ether oxygens (including phenoxy) is 1. The number of carboxylic acids is 1. The smallest absolute Gasteiger partial charge is 0.306 e. The van der Waals surface area contributed by atoms with Gasteiger partial charge in [-0.2, -0.15) is 0 Å². The minimum absolute atomic E-state index is 0.0836. The molecule has 2 N–H and O–H groups in total. The van der Waals surface area contributed by atoms with Crippen molar-refractivity contribution in [3.05, 3.63) is 0 Å². The summed E-state index contributed by atoms with van der Waals surface area (Å²) < 4.78 is 5.74. The summed E-state index contributed by atoms with van der Waals surface area (Å²) in [4.78, 5) is 14.3. The predicted molar refractivity (Wildman–Crippen MR) is 122 cm³/mol. The summed E-state index contributed by atoms with van der Waals surface area (Å²) in [6, 6.07) is 0.552. The molecule has 0 heterocycles. The van der Waals surface area contributed by atoms with E-state index in [1.54, 1.807) is 0 Å². The second-order valence-corrected chi connectivity index (χ2v) is 11.8. The number of carboxylic acid groups (broad SMARTS) is 1. The Bertz CT molecular complexity index is 655. The molecule has 9 atom stereocenters. The molecule has 0 aromatic carbocycles. The number of aliphatic carboxylic acids is 1. The number of nitrogens with zero attached hydrogens (tertiary/aromatic N) is 1. The lowest BCUT2D eigenvalue weighted by molar-refractivity contribution is -0.154. The molecule has 4 saturated carbocycles. The summed E-state index contributed by atoms with van der Waals surface area (Å²) >= 11 is 0. The van der Waals surface area contributed by atoms with Gasteiger partial charge in [-0.05, 0) is 106 Å². The number of carbonyl (C=O) groups is 1. The van der Waals surface area contributed by atoms with Crippen molar-refractivity contribution in [1.29, 1.82) is 0 Å². The van der Waals surface area contributed by atoms with Crippen LogP contribution in [0.2, 0.25) is 0 Å². The first-order valence-corrected chi connectivity index (χ1v) is 12.9. The van der Waals surface area contributed by atoms with Gasteiger partial charge in [0, 0.05) is 19.2 Å². The number of hydrogen-bond donors (Lipinski definition) is 2. The molecule has 4 aliphatic carbocycles. The first-order valence-electron chi connectivity index (χ1n) is 12.9. The topological polar surface area (TPSA) is 70.0 Å². The maximum absolute atomic E-state index is 11.8. The van der Waals surface area contributed by atoms with Gasteiger partial charge in [0.2, 0.25) is 0 Å². The van der Waals surface area contributed by atoms with E-state index in [9.17, 15) is 15.0 Å². The lowest BCUT2D eigenvalue weighted by Gasteiger charge is -2.61. The Labute approximate surface area is 188 Å². The Hall–Kier alpha value is -0.650. The number of aliphatic hydroxyl groups is 1. The number of rotatable bonds is 7. The first kappa shape index (κ1) is 23.5. The highest BCUT2D eigenvalue weighted by Crippen LogP contribution is 2.67. The molecule has 4 fully saturated rings. The van der Waals surface area contributed by atoms with Gasteiger partial charge in [-0.15, -0.1) is 0 Å². The van der Waals surface area contributed by atoms with Crippen molar-refractivity contribution in [2.24, 2.45) is 40.4 Å². The standard InChI is InChI=1S/C26H45NO4/c1-5-31-19(16-28)15-27(4)23-11-10-21-20-9-8-18-7-6-17(24(29)30)14-26(18,3)22(20)12-13-25(21,23)2/h17-23,28H,5-16H2,1-4H3,(H,29,30)/t17?,18?,19?,20-,21-,22+,23?,25-,26-/m0/s1. The van der Waals surface area contributed by atoms with Crippen LogP contribution in [0.25, 0.3) is 0 Å². The van der Waals surface area contributed by atoms with E-state index in [0.29, 0.717) is 24.0 Å². The molecule has 5 nitrogen and oxygen atoms in total. The van der Waals surface area contributed by atoms with Crippen molar-refractivity contribution < 1.29 is 19.7 Å². The fraction of sp³-hybridized carbons (Fsp3) is 0.962. The van der Waals surface area contributed by atoms with Gasteiger partial charge in [-0.1, -0.05) is 13.8 Å². The third-order valence-corrected chi connectivity index (χ3v) is 10.5. The van der Waals surface area contributed by atoms with Gasteiger partial charge in [0.15, 0.2) is 0 Å². The van der Waals surface area contributed by atoms with Crippen LogP contribution in [0.15, 0.2) is 0 Å². The van der Waals surface area contributed by atoms with Crippen molar-refractivity contribution in [1.82, 2.24) is 4.90 Å². The molecule has 178 valence electrons. The summed E-state index contributed by atoms with van der Waals surface area (Å²) in [6.07, 6.45) is 10.5. The van der Waals surface area contributed by atoms with Crippen molar-refractivity contribution in [2.75, 3.05) is 26.8 Å². The molecule has 31 heavy (non-hydrogen) atoms. The Morgan fingerprint density at radius 1 is 1.06 bits per heavy atom. The van der Waals surface area contributed by atoms with E-state index in [2.05, 4.69) is 25.8 Å². The molecule has 0 aromatic heterocycles. The van der Waals surface area contributed by atoms with E-state index >= 15 is 0 Å². The largest absolute Gasteiger partial charge is 0.481 e. The van der Waals surface area contributed by atoms with Crippen LogP contribution in [0.1, 0.15) is 78.6 Å². The van der Waals surface area contributed by atoms with E-state index in [1.165, 1.54) is 38.5 Å². The number of likely N-dealkylation sites (N-methyl/N-ethyl adjacent to an activating group) is 1. The van der Waals surface area contributed by atoms with Crippen LogP contribution in [-0.4, -0.2) is 60.0 Å². The third kappa shape index (κ3) is 3.97. The highest BCUT2D eigenvalue weighted by molar-refractivity contribution is 5.70. The van der Waals surface area contributed by atoms with Crippen LogP contribution >= 0.6 is 0 Å². The molecule has 0 aromatic rings. The molecule has 0 spiro atoms. The van der Waals surface area contributed by atoms with Gasteiger partial charge < -0.3 is 19.8 Å². The second-order valence-electron chi connectivity index (χ2n) is 11.8. The fourth-order valence-corrected chi connectivity index (χ4v) is 9.12. The molecule has 4 rings (SSSR count). The monoisotopic (exact) mass is 435 g/mol. The number of aliphatic hydroxyl groups excluding tert-OH is 1. The molecule has 0 aliphatic heterocycles. The van der Waals surface area contributed by atoms with Crippen LogP contribution < -0.4 is 0 Å². The average molecular weight is 436 g/mol. The normalized spacial score (nSPS) is 45.6. The van der Waals surface area contributed by atoms with Crippen molar-refractivity contribution in [2.45, 2.75) is 90.7 Å². The molecule has 0 saturated heterocycles. The summed E-state index contributed by atoms with van der Waals surface area (Å²) in [7, 11) is 2.23. The Kier molecular flexibility index (Phi) is 6.78. The highest BCUT2D eigenvalue weighted by atomic mass is 16.5. The van der Waals surface area contributed by atoms with Gasteiger partial charge in [0.1, 0.15) is 0 Å². The maximum atomic E-state index is 11.8. The fourth-order valence-electron chi connectivity index (χ4n) is 9.12. The van der Waals surface area contributed by atoms with Crippen LogP contribution in [0.3, 0.4) is 0 Å². The van der Waals surface area contributed by atoms with E-state index in [-0.39, 0.29) is 24.0 Å². The summed E-state index contributed by atoms with van der Waals surface area (Å²) in [5.74, 6) is 2.23. The minimum Gasteiger partial charge on any atom is -0.481 e. The lowest BCUT2D eigenvalue weighted by atomic mass is 9.44. The van der Waals surface area contributed by atoms with Crippen LogP contribution in [0.5, 0.6) is 0 Å². The highest BCUT2D eigenvalue weighted by Gasteiger charge is 2.61. The number of fused-ring (bicyclic) bond motifs is 5. The quantitative estimate of drug-likeness (QED) is 0.619. The van der Waals surface area contributed by atoms with Gasteiger partial charge in [-0.3, -0.25) is 4.79 Å². The molecule has 0 amide bonds. The first-order chi connectivity index (χ1) is 14.7. The van der Waals surface area contributed by atoms with E-state index in [4.69, 9.17) is 4.74 Å². The number of hydrogen-bond acceptors (Lipinski definition) is 4. The van der Waals surface area contributed by atoms with Crippen LogP contribution in [0.4, 0.5) is 0 Å². The minimum atomic E-state index is -0.572. The van der Waals surface area contributed by atoms with Crippen molar-refractivity contribution >= 4 is 5.97 Å². The molecular formula is C26H45NO4. The molecular weight excluding hydrogens is 390 g/mol. The molecule has 4 unspecified atom stereocenters. The third-order valence-electron chi connectivity index (χ3n) is 10.5. The predicted octanol–water partition coefficient (Wildman–Crippen LogP) is 4.43. The van der Waals surface area contributed by atoms with Gasteiger partial charge in [0.25, 0.3) is 0 Å². The van der Waals surface area contributed by atoms with Crippen molar-refractivity contribution in [3.8, 4) is 0 Å². The van der Waals surface area contributed by atoms with Gasteiger partial charge in [-0.25, -0.2) is 0 Å². The maximum Gasteiger partial charge on any atom is 0.306 e.